The molecule has 1 saturated heterocycles. The maximum absolute atomic E-state index is 12.5. The first-order valence-corrected chi connectivity index (χ1v) is 8.73. The lowest BCUT2D eigenvalue weighted by molar-refractivity contribution is 0.0694. The van der Waals surface area contributed by atoms with E-state index in [-0.39, 0.29) is 5.91 Å². The van der Waals surface area contributed by atoms with E-state index in [0.717, 1.165) is 49.1 Å². The molecule has 5 nitrogen and oxygen atoms in total. The molecular weight excluding hydrogens is 314 g/mol. The lowest BCUT2D eigenvalue weighted by Gasteiger charge is -2.32. The van der Waals surface area contributed by atoms with Gasteiger partial charge in [0.05, 0.1) is 0 Å². The maximum atomic E-state index is 12.5. The molecule has 25 heavy (non-hydrogen) atoms. The van der Waals surface area contributed by atoms with Crippen molar-refractivity contribution in [2.75, 3.05) is 25.0 Å². The monoisotopic (exact) mass is 335 g/mol. The fourth-order valence-electron chi connectivity index (χ4n) is 3.28. The predicted molar refractivity (Wildman–Crippen MR) is 97.6 cm³/mol. The minimum absolute atomic E-state index is 0.131. The van der Waals surface area contributed by atoms with Gasteiger partial charge < -0.3 is 14.6 Å². The fourth-order valence-corrected chi connectivity index (χ4v) is 3.28. The summed E-state index contributed by atoms with van der Waals surface area (Å²) in [7, 11) is 0. The molecule has 5 heteroatoms. The first kappa shape index (κ1) is 15.7. The number of nitrogens with one attached hydrogen (secondary N) is 1. The third-order valence-corrected chi connectivity index (χ3v) is 4.76. The van der Waals surface area contributed by atoms with Gasteiger partial charge in [-0.05, 0) is 43.0 Å². The molecule has 0 atom stereocenters. The van der Waals surface area contributed by atoms with Crippen LogP contribution in [0.25, 0.3) is 11.1 Å². The molecule has 1 N–H and O–H groups in total. The number of amides is 1. The minimum Gasteiger partial charge on any atom is -0.424 e. The molecule has 1 fully saturated rings. The van der Waals surface area contributed by atoms with Crippen molar-refractivity contribution < 1.29 is 9.21 Å². The zero-order valence-electron chi connectivity index (χ0n) is 14.0. The van der Waals surface area contributed by atoms with Crippen LogP contribution in [0.3, 0.4) is 0 Å². The third-order valence-electron chi connectivity index (χ3n) is 4.76. The second-order valence-corrected chi connectivity index (χ2v) is 6.47. The number of piperidine rings is 1. The number of likely N-dealkylation sites (tertiary alicyclic amines) is 1. The van der Waals surface area contributed by atoms with Gasteiger partial charge in [-0.2, -0.15) is 4.98 Å². The number of benzene rings is 2. The summed E-state index contributed by atoms with van der Waals surface area (Å²) in [6.45, 7) is 2.42. The Morgan fingerprint density at radius 1 is 1.08 bits per heavy atom. The Bertz CT molecular complexity index is 819. The number of nitrogens with zero attached hydrogens (tertiary/aromatic N) is 2. The molecule has 3 aromatic rings. The highest BCUT2D eigenvalue weighted by Crippen LogP contribution is 2.22. The summed E-state index contributed by atoms with van der Waals surface area (Å²) in [6.07, 6.45) is 1.98. The van der Waals surface area contributed by atoms with Crippen LogP contribution in [-0.4, -0.2) is 35.4 Å². The highest BCUT2D eigenvalue weighted by Gasteiger charge is 2.23. The van der Waals surface area contributed by atoms with E-state index in [4.69, 9.17) is 4.42 Å². The van der Waals surface area contributed by atoms with Crippen molar-refractivity contribution in [2.24, 2.45) is 5.92 Å². The quantitative estimate of drug-likeness (QED) is 0.788. The summed E-state index contributed by atoms with van der Waals surface area (Å²) >= 11 is 0. The van der Waals surface area contributed by atoms with Gasteiger partial charge in [0.1, 0.15) is 5.52 Å². The molecular formula is C20H21N3O2. The number of carbonyl (C=O) groups is 1. The van der Waals surface area contributed by atoms with Crippen molar-refractivity contribution in [2.45, 2.75) is 12.8 Å². The first-order chi connectivity index (χ1) is 12.3. The Kier molecular flexibility index (Phi) is 4.37. The topological polar surface area (TPSA) is 58.4 Å². The summed E-state index contributed by atoms with van der Waals surface area (Å²) in [5, 5.41) is 3.30. The van der Waals surface area contributed by atoms with E-state index in [9.17, 15) is 4.79 Å². The van der Waals surface area contributed by atoms with Crippen LogP contribution in [0, 0.1) is 5.92 Å². The number of rotatable bonds is 4. The number of hydrogen-bond acceptors (Lipinski definition) is 4. The Morgan fingerprint density at radius 2 is 1.80 bits per heavy atom. The van der Waals surface area contributed by atoms with Crippen molar-refractivity contribution in [3.05, 3.63) is 60.2 Å². The molecule has 128 valence electrons. The average molecular weight is 335 g/mol. The highest BCUT2D eigenvalue weighted by molar-refractivity contribution is 5.94. The molecule has 0 saturated carbocycles. The smallest absolute Gasteiger partial charge is 0.295 e. The van der Waals surface area contributed by atoms with E-state index < -0.39 is 0 Å². The second kappa shape index (κ2) is 6.97. The van der Waals surface area contributed by atoms with Crippen molar-refractivity contribution in [1.82, 2.24) is 9.88 Å². The highest BCUT2D eigenvalue weighted by atomic mass is 16.4. The zero-order valence-corrected chi connectivity index (χ0v) is 14.0. The molecule has 0 spiro atoms. The van der Waals surface area contributed by atoms with Crippen LogP contribution in [0.2, 0.25) is 0 Å². The van der Waals surface area contributed by atoms with Crippen LogP contribution >= 0.6 is 0 Å². The van der Waals surface area contributed by atoms with Crippen LogP contribution in [0.1, 0.15) is 23.2 Å². The van der Waals surface area contributed by atoms with Crippen LogP contribution in [0.4, 0.5) is 6.01 Å². The lowest BCUT2D eigenvalue weighted by Crippen LogP contribution is -2.39. The van der Waals surface area contributed by atoms with Gasteiger partial charge >= 0.3 is 0 Å². The third kappa shape index (κ3) is 3.50. The van der Waals surface area contributed by atoms with E-state index in [1.165, 1.54) is 0 Å². The molecule has 1 aliphatic rings. The molecule has 0 radical (unpaired) electrons. The Morgan fingerprint density at radius 3 is 2.56 bits per heavy atom. The van der Waals surface area contributed by atoms with Gasteiger partial charge in [0, 0.05) is 25.2 Å². The zero-order chi connectivity index (χ0) is 17.1. The maximum Gasteiger partial charge on any atom is 0.295 e. The van der Waals surface area contributed by atoms with Gasteiger partial charge in [-0.25, -0.2) is 0 Å². The summed E-state index contributed by atoms with van der Waals surface area (Å²) in [5.41, 5.74) is 2.44. The lowest BCUT2D eigenvalue weighted by atomic mass is 9.96. The molecule has 0 bridgehead atoms. The normalized spacial score (nSPS) is 15.4. The molecule has 2 aromatic carbocycles. The van der Waals surface area contributed by atoms with Crippen molar-refractivity contribution in [3.63, 3.8) is 0 Å². The Hall–Kier alpha value is -2.82. The van der Waals surface area contributed by atoms with Gasteiger partial charge in [-0.3, -0.25) is 4.79 Å². The first-order valence-electron chi connectivity index (χ1n) is 8.73. The van der Waals surface area contributed by atoms with Gasteiger partial charge in [0.15, 0.2) is 5.58 Å². The van der Waals surface area contributed by atoms with E-state index in [0.29, 0.717) is 11.9 Å². The van der Waals surface area contributed by atoms with Crippen LogP contribution < -0.4 is 5.32 Å². The van der Waals surface area contributed by atoms with Crippen molar-refractivity contribution in [3.8, 4) is 0 Å². The van der Waals surface area contributed by atoms with Gasteiger partial charge in [-0.1, -0.05) is 30.3 Å². The average Bonchev–Trinajstić information content (AvgIpc) is 3.10. The molecule has 1 amide bonds. The van der Waals surface area contributed by atoms with E-state index in [1.807, 2.05) is 59.5 Å². The summed E-state index contributed by atoms with van der Waals surface area (Å²) < 4.78 is 5.69. The SMILES string of the molecule is O=C(c1ccccc1)N1CCC(CNc2nc3ccccc3o2)CC1. The van der Waals surface area contributed by atoms with Crippen LogP contribution in [0.5, 0.6) is 0 Å². The second-order valence-electron chi connectivity index (χ2n) is 6.47. The number of aromatic nitrogens is 1. The van der Waals surface area contributed by atoms with Gasteiger partial charge in [0.2, 0.25) is 0 Å². The number of para-hydroxylation sites is 2. The summed E-state index contributed by atoms with van der Waals surface area (Å²) in [4.78, 5) is 18.9. The van der Waals surface area contributed by atoms with E-state index in [1.54, 1.807) is 0 Å². The number of hydrogen-bond donors (Lipinski definition) is 1. The van der Waals surface area contributed by atoms with Crippen LogP contribution in [-0.2, 0) is 0 Å². The molecule has 1 aliphatic heterocycles. The Balaban J connectivity index is 1.29. The number of fused-ring (bicyclic) bond motifs is 1. The van der Waals surface area contributed by atoms with Gasteiger partial charge in [0.25, 0.3) is 11.9 Å². The van der Waals surface area contributed by atoms with E-state index >= 15 is 0 Å². The summed E-state index contributed by atoms with van der Waals surface area (Å²) in [6, 6.07) is 17.8. The largest absolute Gasteiger partial charge is 0.424 e. The predicted octanol–water partition coefficient (Wildman–Crippen LogP) is 3.79. The van der Waals surface area contributed by atoms with Crippen molar-refractivity contribution >= 4 is 23.0 Å². The summed E-state index contributed by atoms with van der Waals surface area (Å²) in [5.74, 6) is 0.654. The molecule has 0 unspecified atom stereocenters. The molecule has 1 aromatic heterocycles. The van der Waals surface area contributed by atoms with E-state index in [2.05, 4.69) is 10.3 Å². The number of anilines is 1. The molecule has 4 rings (SSSR count). The van der Waals surface area contributed by atoms with Crippen LogP contribution in [0.15, 0.2) is 59.0 Å². The minimum atomic E-state index is 0.131. The fraction of sp³-hybridized carbons (Fsp3) is 0.300. The number of carbonyl (C=O) groups excluding carboxylic acids is 1. The molecule has 2 heterocycles. The van der Waals surface area contributed by atoms with Gasteiger partial charge in [-0.15, -0.1) is 0 Å². The molecule has 0 aliphatic carbocycles. The number of oxazole rings is 1. The van der Waals surface area contributed by atoms with Crippen molar-refractivity contribution in [1.29, 1.82) is 0 Å². The standard InChI is InChI=1S/C20H21N3O2/c24-19(16-6-2-1-3-7-16)23-12-10-15(11-13-23)14-21-20-22-17-8-4-5-9-18(17)25-20/h1-9,15H,10-14H2,(H,21,22). The Labute approximate surface area is 146 Å².